The number of aryl methyl sites for hydroxylation is 2. The molecule has 0 saturated heterocycles. The predicted octanol–water partition coefficient (Wildman–Crippen LogP) is 2.64. The fourth-order valence-corrected chi connectivity index (χ4v) is 3.01. The van der Waals surface area contributed by atoms with Crippen molar-refractivity contribution >= 4 is 23.0 Å². The summed E-state index contributed by atoms with van der Waals surface area (Å²) in [6.07, 6.45) is 1.61. The van der Waals surface area contributed by atoms with Gasteiger partial charge >= 0.3 is 5.69 Å². The average molecular weight is 359 g/mol. The van der Waals surface area contributed by atoms with Gasteiger partial charge in [0.15, 0.2) is 0 Å². The van der Waals surface area contributed by atoms with Crippen LogP contribution in [0.15, 0.2) is 41.3 Å². The molecule has 1 amide bonds. The third-order valence-electron chi connectivity index (χ3n) is 4.20. The molecule has 1 N–H and O–H groups in total. The second kappa shape index (κ2) is 6.72. The average Bonchev–Trinajstić information content (AvgIpc) is 2.85. The Morgan fingerprint density at radius 3 is 2.64 bits per heavy atom. The highest BCUT2D eigenvalue weighted by atomic mass is 35.5. The lowest BCUT2D eigenvalue weighted by Gasteiger charge is -2.15. The topological polar surface area (TPSA) is 68.4 Å². The van der Waals surface area contributed by atoms with Crippen molar-refractivity contribution in [2.75, 3.05) is 0 Å². The molecular weight excluding hydrogens is 340 g/mol. The summed E-state index contributed by atoms with van der Waals surface area (Å²) in [5, 5.41) is 7.63. The number of fused-ring (bicyclic) bond motifs is 1. The van der Waals surface area contributed by atoms with Crippen molar-refractivity contribution in [3.8, 4) is 0 Å². The van der Waals surface area contributed by atoms with Crippen LogP contribution in [0.2, 0.25) is 5.02 Å². The van der Waals surface area contributed by atoms with Crippen LogP contribution in [0.1, 0.15) is 29.8 Å². The van der Waals surface area contributed by atoms with E-state index < -0.39 is 0 Å². The van der Waals surface area contributed by atoms with Crippen LogP contribution >= 0.6 is 11.6 Å². The molecule has 2 heterocycles. The Hall–Kier alpha value is -2.60. The first kappa shape index (κ1) is 17.2. The summed E-state index contributed by atoms with van der Waals surface area (Å²) in [7, 11) is 0. The zero-order valence-corrected chi connectivity index (χ0v) is 15.0. The number of nitrogens with one attached hydrogen (secondary N) is 1. The van der Waals surface area contributed by atoms with Crippen molar-refractivity contribution < 1.29 is 4.79 Å². The summed E-state index contributed by atoms with van der Waals surface area (Å²) in [5.74, 6) is -0.280. The van der Waals surface area contributed by atoms with Crippen molar-refractivity contribution in [1.29, 1.82) is 0 Å². The van der Waals surface area contributed by atoms with Gasteiger partial charge in [-0.1, -0.05) is 23.7 Å². The molecule has 0 aliphatic heterocycles. The van der Waals surface area contributed by atoms with Crippen LogP contribution in [0, 0.1) is 13.8 Å². The summed E-state index contributed by atoms with van der Waals surface area (Å²) in [5.41, 5.74) is 3.18. The molecule has 2 aromatic heterocycles. The normalized spacial score (nSPS) is 12.3. The van der Waals surface area contributed by atoms with Gasteiger partial charge in [-0.15, -0.1) is 0 Å². The predicted molar refractivity (Wildman–Crippen MR) is 96.9 cm³/mol. The molecule has 7 heteroatoms. The number of hydrogen-bond donors (Lipinski definition) is 1. The highest BCUT2D eigenvalue weighted by Gasteiger charge is 2.14. The van der Waals surface area contributed by atoms with Gasteiger partial charge in [-0.2, -0.15) is 5.10 Å². The van der Waals surface area contributed by atoms with E-state index in [2.05, 4.69) is 10.4 Å². The molecule has 0 fully saturated rings. The fourth-order valence-electron chi connectivity index (χ4n) is 2.89. The lowest BCUT2D eigenvalue weighted by atomic mass is 10.1. The van der Waals surface area contributed by atoms with Gasteiger partial charge in [-0.05, 0) is 50.1 Å². The molecule has 1 unspecified atom stereocenters. The van der Waals surface area contributed by atoms with Gasteiger partial charge in [0.2, 0.25) is 5.91 Å². The van der Waals surface area contributed by atoms with Gasteiger partial charge in [-0.25, -0.2) is 9.48 Å². The van der Waals surface area contributed by atoms with Crippen molar-refractivity contribution in [3.63, 3.8) is 0 Å². The van der Waals surface area contributed by atoms with E-state index in [9.17, 15) is 9.59 Å². The summed E-state index contributed by atoms with van der Waals surface area (Å²) >= 11 is 5.87. The molecule has 1 aromatic carbocycles. The van der Waals surface area contributed by atoms with Crippen LogP contribution in [-0.2, 0) is 11.3 Å². The molecule has 25 heavy (non-hydrogen) atoms. The minimum atomic E-state index is -0.322. The molecular formula is C18H19ClN4O2. The van der Waals surface area contributed by atoms with Gasteiger partial charge in [0.25, 0.3) is 0 Å². The molecule has 130 valence electrons. The van der Waals surface area contributed by atoms with Crippen LogP contribution in [0.3, 0.4) is 0 Å². The molecule has 0 bridgehead atoms. The minimum absolute atomic E-state index is 0.136. The number of aromatic nitrogens is 3. The SMILES string of the molecule is Cc1cc(C)n2c(=O)n(CC(=O)NC(C)c3ccc(Cl)cc3)ncc12. The first-order valence-electron chi connectivity index (χ1n) is 7.96. The van der Waals surface area contributed by atoms with Crippen molar-refractivity contribution in [1.82, 2.24) is 19.5 Å². The van der Waals surface area contributed by atoms with Crippen LogP contribution in [0.5, 0.6) is 0 Å². The number of carbonyl (C=O) groups excluding carboxylic acids is 1. The number of rotatable bonds is 4. The van der Waals surface area contributed by atoms with Gasteiger partial charge < -0.3 is 5.32 Å². The molecule has 3 aromatic rings. The molecule has 0 aliphatic rings. The third-order valence-corrected chi connectivity index (χ3v) is 4.45. The first-order chi connectivity index (χ1) is 11.9. The maximum Gasteiger partial charge on any atom is 0.349 e. The van der Waals surface area contributed by atoms with Gasteiger partial charge in [0, 0.05) is 10.7 Å². The molecule has 3 rings (SSSR count). The maximum absolute atomic E-state index is 12.6. The molecule has 6 nitrogen and oxygen atoms in total. The van der Waals surface area contributed by atoms with E-state index in [0.717, 1.165) is 22.3 Å². The van der Waals surface area contributed by atoms with E-state index in [1.807, 2.05) is 39.0 Å². The van der Waals surface area contributed by atoms with Crippen LogP contribution in [0.4, 0.5) is 0 Å². The minimum Gasteiger partial charge on any atom is -0.348 e. The highest BCUT2D eigenvalue weighted by Crippen LogP contribution is 2.16. The van der Waals surface area contributed by atoms with E-state index in [0.29, 0.717) is 5.02 Å². The van der Waals surface area contributed by atoms with Crippen LogP contribution < -0.4 is 11.0 Å². The van der Waals surface area contributed by atoms with Crippen molar-refractivity contribution in [3.05, 3.63) is 68.9 Å². The number of nitrogens with zero attached hydrogens (tertiary/aromatic N) is 3. The second-order valence-electron chi connectivity index (χ2n) is 6.11. The maximum atomic E-state index is 12.6. The van der Waals surface area contributed by atoms with Crippen LogP contribution in [-0.4, -0.2) is 20.1 Å². The highest BCUT2D eigenvalue weighted by molar-refractivity contribution is 6.30. The lowest BCUT2D eigenvalue weighted by molar-refractivity contribution is -0.122. The molecule has 0 spiro atoms. The summed E-state index contributed by atoms with van der Waals surface area (Å²) in [4.78, 5) is 24.9. The van der Waals surface area contributed by atoms with E-state index in [-0.39, 0.29) is 24.2 Å². The van der Waals surface area contributed by atoms with E-state index in [1.54, 1.807) is 22.7 Å². The summed E-state index contributed by atoms with van der Waals surface area (Å²) < 4.78 is 2.74. The van der Waals surface area contributed by atoms with Crippen LogP contribution in [0.25, 0.3) is 5.52 Å². The number of halogens is 1. The standard InChI is InChI=1S/C18H19ClN4O2/c1-11-8-12(2)23-16(11)9-20-22(18(23)25)10-17(24)21-13(3)14-4-6-15(19)7-5-14/h4-9,13H,10H2,1-3H3,(H,21,24). The molecule has 0 radical (unpaired) electrons. The zero-order chi connectivity index (χ0) is 18.1. The van der Waals surface area contributed by atoms with Gasteiger partial charge in [0.1, 0.15) is 6.54 Å². The summed E-state index contributed by atoms with van der Waals surface area (Å²) in [6.45, 7) is 5.52. The largest absolute Gasteiger partial charge is 0.349 e. The van der Waals surface area contributed by atoms with E-state index >= 15 is 0 Å². The number of carbonyl (C=O) groups is 1. The second-order valence-corrected chi connectivity index (χ2v) is 6.55. The quantitative estimate of drug-likeness (QED) is 0.779. The smallest absolute Gasteiger partial charge is 0.348 e. The van der Waals surface area contributed by atoms with Crippen molar-refractivity contribution in [2.45, 2.75) is 33.4 Å². The van der Waals surface area contributed by atoms with Crippen molar-refractivity contribution in [2.24, 2.45) is 0 Å². The summed E-state index contributed by atoms with van der Waals surface area (Å²) in [6, 6.07) is 8.99. The number of benzene rings is 1. The van der Waals surface area contributed by atoms with Gasteiger partial charge in [-0.3, -0.25) is 9.20 Å². The Morgan fingerprint density at radius 1 is 1.28 bits per heavy atom. The molecule has 0 aliphatic carbocycles. The first-order valence-corrected chi connectivity index (χ1v) is 8.34. The fraction of sp³-hybridized carbons (Fsp3) is 0.278. The molecule has 1 atom stereocenters. The Kier molecular flexibility index (Phi) is 4.63. The van der Waals surface area contributed by atoms with Gasteiger partial charge in [0.05, 0.1) is 17.8 Å². The van der Waals surface area contributed by atoms with E-state index in [4.69, 9.17) is 11.6 Å². The zero-order valence-electron chi connectivity index (χ0n) is 14.3. The number of hydrogen-bond acceptors (Lipinski definition) is 3. The number of amides is 1. The Labute approximate surface area is 150 Å². The third kappa shape index (κ3) is 3.44. The Bertz CT molecular complexity index is 989. The molecule has 0 saturated carbocycles. The Balaban J connectivity index is 1.78. The van der Waals surface area contributed by atoms with E-state index in [1.165, 1.54) is 4.68 Å². The monoisotopic (exact) mass is 358 g/mol. The Morgan fingerprint density at radius 2 is 1.96 bits per heavy atom. The lowest BCUT2D eigenvalue weighted by Crippen LogP contribution is -2.37.